The molecule has 0 aliphatic rings. The van der Waals surface area contributed by atoms with Gasteiger partial charge in [-0.25, -0.2) is 9.67 Å². The van der Waals surface area contributed by atoms with Crippen LogP contribution in [0.4, 0.5) is 0 Å². The van der Waals surface area contributed by atoms with E-state index in [0.29, 0.717) is 19.0 Å². The molecule has 8 nitrogen and oxygen atoms in total. The summed E-state index contributed by atoms with van der Waals surface area (Å²) in [5.41, 5.74) is 4.28. The van der Waals surface area contributed by atoms with Crippen molar-refractivity contribution in [1.82, 2.24) is 35.2 Å². The largest absolute Gasteiger partial charge is 0.350 e. The van der Waals surface area contributed by atoms with E-state index < -0.39 is 0 Å². The van der Waals surface area contributed by atoms with Gasteiger partial charge in [0.2, 0.25) is 0 Å². The molecule has 2 N–H and O–H groups in total. The zero-order chi connectivity index (χ0) is 23.2. The maximum absolute atomic E-state index is 4.90. The molecule has 0 aliphatic carbocycles. The molecule has 2 aromatic carbocycles. The molecule has 4 rings (SSSR count). The molecule has 0 amide bonds. The molecule has 0 bridgehead atoms. The second kappa shape index (κ2) is 10.1. The molecule has 0 spiro atoms. The first-order chi connectivity index (χ1) is 16.0. The molecule has 1 atom stereocenters. The van der Waals surface area contributed by atoms with Crippen molar-refractivity contribution in [1.29, 1.82) is 0 Å². The highest BCUT2D eigenvalue weighted by molar-refractivity contribution is 5.80. The highest BCUT2D eigenvalue weighted by Gasteiger charge is 2.11. The van der Waals surface area contributed by atoms with E-state index in [4.69, 9.17) is 4.99 Å². The number of para-hydroxylation sites is 1. The molecule has 2 heterocycles. The standard InChI is InChI=1S/C25H30N8/c1-18-14-15-33(31-18)23-13-9-8-12-22(23)16-26-25(27-17-24-30-29-20(3)32(24)4)28-19(2)21-10-6-5-7-11-21/h5-15,19H,16-17H2,1-4H3,(H2,26,27,28). The van der Waals surface area contributed by atoms with E-state index in [9.17, 15) is 0 Å². The maximum Gasteiger partial charge on any atom is 0.192 e. The molecule has 33 heavy (non-hydrogen) atoms. The SMILES string of the molecule is Cc1ccn(-c2ccccc2CN=C(NCc2nnc(C)n2C)NC(C)c2ccccc2)n1. The highest BCUT2D eigenvalue weighted by Crippen LogP contribution is 2.16. The number of aliphatic imine (C=N–C) groups is 1. The zero-order valence-corrected chi connectivity index (χ0v) is 19.5. The minimum atomic E-state index is 0.0858. The molecule has 0 aliphatic heterocycles. The number of aromatic nitrogens is 5. The van der Waals surface area contributed by atoms with E-state index in [1.54, 1.807) is 0 Å². The molecule has 8 heteroatoms. The number of benzene rings is 2. The first-order valence-electron chi connectivity index (χ1n) is 11.1. The second-order valence-corrected chi connectivity index (χ2v) is 8.05. The minimum Gasteiger partial charge on any atom is -0.350 e. The lowest BCUT2D eigenvalue weighted by Gasteiger charge is -2.19. The van der Waals surface area contributed by atoms with Crippen LogP contribution in [0.15, 0.2) is 71.9 Å². The van der Waals surface area contributed by atoms with Gasteiger partial charge in [0.05, 0.1) is 30.5 Å². The van der Waals surface area contributed by atoms with Crippen LogP contribution in [-0.4, -0.2) is 30.5 Å². The number of aryl methyl sites for hydroxylation is 2. The van der Waals surface area contributed by atoms with Crippen molar-refractivity contribution in [3.8, 4) is 5.69 Å². The quantitative estimate of drug-likeness (QED) is 0.337. The van der Waals surface area contributed by atoms with Crippen molar-refractivity contribution in [2.75, 3.05) is 0 Å². The Hall–Kier alpha value is -3.94. The number of nitrogens with zero attached hydrogens (tertiary/aromatic N) is 6. The fourth-order valence-electron chi connectivity index (χ4n) is 3.53. The van der Waals surface area contributed by atoms with Crippen LogP contribution in [0.1, 0.15) is 41.4 Å². The molecule has 170 valence electrons. The Morgan fingerprint density at radius 1 is 1.00 bits per heavy atom. The van der Waals surface area contributed by atoms with E-state index in [0.717, 1.165) is 28.6 Å². The van der Waals surface area contributed by atoms with Crippen molar-refractivity contribution >= 4 is 5.96 Å². The first kappa shape index (κ1) is 22.3. The van der Waals surface area contributed by atoms with Crippen LogP contribution in [-0.2, 0) is 20.1 Å². The summed E-state index contributed by atoms with van der Waals surface area (Å²) >= 11 is 0. The zero-order valence-electron chi connectivity index (χ0n) is 19.5. The summed E-state index contributed by atoms with van der Waals surface area (Å²) in [7, 11) is 1.96. The molecule has 0 radical (unpaired) electrons. The van der Waals surface area contributed by atoms with Crippen molar-refractivity contribution in [2.24, 2.45) is 12.0 Å². The summed E-state index contributed by atoms with van der Waals surface area (Å²) in [6, 6.07) is 20.6. The lowest BCUT2D eigenvalue weighted by Crippen LogP contribution is -2.39. The van der Waals surface area contributed by atoms with E-state index in [1.165, 1.54) is 5.56 Å². The third-order valence-corrected chi connectivity index (χ3v) is 5.62. The van der Waals surface area contributed by atoms with Gasteiger partial charge in [0, 0.05) is 13.2 Å². The van der Waals surface area contributed by atoms with Crippen LogP contribution in [0.5, 0.6) is 0 Å². The van der Waals surface area contributed by atoms with E-state index in [1.807, 2.05) is 72.7 Å². The van der Waals surface area contributed by atoms with Crippen LogP contribution < -0.4 is 10.6 Å². The Labute approximate surface area is 194 Å². The predicted octanol–water partition coefficient (Wildman–Crippen LogP) is 3.61. The summed E-state index contributed by atoms with van der Waals surface area (Å²) in [5.74, 6) is 2.43. The predicted molar refractivity (Wildman–Crippen MR) is 130 cm³/mol. The monoisotopic (exact) mass is 442 g/mol. The average Bonchev–Trinajstić information content (AvgIpc) is 3.41. The van der Waals surface area contributed by atoms with Crippen molar-refractivity contribution in [3.05, 3.63) is 95.3 Å². The third kappa shape index (κ3) is 5.46. The molecule has 1 unspecified atom stereocenters. The van der Waals surface area contributed by atoms with Gasteiger partial charge < -0.3 is 15.2 Å². The first-order valence-corrected chi connectivity index (χ1v) is 11.1. The van der Waals surface area contributed by atoms with Gasteiger partial charge >= 0.3 is 0 Å². The molecular weight excluding hydrogens is 412 g/mol. The Morgan fingerprint density at radius 3 is 2.45 bits per heavy atom. The average molecular weight is 443 g/mol. The van der Waals surface area contributed by atoms with Gasteiger partial charge in [-0.1, -0.05) is 48.5 Å². The summed E-state index contributed by atoms with van der Waals surface area (Å²) in [5, 5.41) is 19.9. The number of hydrogen-bond acceptors (Lipinski definition) is 4. The van der Waals surface area contributed by atoms with Crippen LogP contribution in [0.2, 0.25) is 0 Å². The Balaban J connectivity index is 1.56. The van der Waals surface area contributed by atoms with Crippen molar-refractivity contribution in [3.63, 3.8) is 0 Å². The Kier molecular flexibility index (Phi) is 6.83. The summed E-state index contributed by atoms with van der Waals surface area (Å²) < 4.78 is 3.87. The lowest BCUT2D eigenvalue weighted by atomic mass is 10.1. The van der Waals surface area contributed by atoms with E-state index >= 15 is 0 Å². The fraction of sp³-hybridized carbons (Fsp3) is 0.280. The second-order valence-electron chi connectivity index (χ2n) is 8.05. The van der Waals surface area contributed by atoms with Gasteiger partial charge in [-0.3, -0.25) is 0 Å². The van der Waals surface area contributed by atoms with Crippen LogP contribution >= 0.6 is 0 Å². The number of hydrogen-bond donors (Lipinski definition) is 2. The fourth-order valence-corrected chi connectivity index (χ4v) is 3.53. The van der Waals surface area contributed by atoms with Crippen molar-refractivity contribution in [2.45, 2.75) is 39.9 Å². The highest BCUT2D eigenvalue weighted by atomic mass is 15.3. The molecule has 0 fully saturated rings. The molecule has 0 saturated heterocycles. The van der Waals surface area contributed by atoms with Crippen molar-refractivity contribution < 1.29 is 0 Å². The number of nitrogens with one attached hydrogen (secondary N) is 2. The molecule has 2 aromatic heterocycles. The molecular formula is C25H30N8. The van der Waals surface area contributed by atoms with E-state index in [2.05, 4.69) is 57.1 Å². The maximum atomic E-state index is 4.90. The molecule has 4 aromatic rings. The summed E-state index contributed by atoms with van der Waals surface area (Å²) in [6.45, 7) is 7.07. The van der Waals surface area contributed by atoms with Gasteiger partial charge in [0.15, 0.2) is 11.8 Å². The topological polar surface area (TPSA) is 85.0 Å². The van der Waals surface area contributed by atoms with Crippen LogP contribution in [0.25, 0.3) is 5.69 Å². The van der Waals surface area contributed by atoms with Gasteiger partial charge in [0.1, 0.15) is 5.82 Å². The number of rotatable bonds is 7. The van der Waals surface area contributed by atoms with Crippen LogP contribution in [0, 0.1) is 13.8 Å². The van der Waals surface area contributed by atoms with Gasteiger partial charge in [0.25, 0.3) is 0 Å². The minimum absolute atomic E-state index is 0.0858. The normalized spacial score (nSPS) is 12.5. The van der Waals surface area contributed by atoms with Gasteiger partial charge in [-0.15, -0.1) is 10.2 Å². The lowest BCUT2D eigenvalue weighted by molar-refractivity contribution is 0.663. The van der Waals surface area contributed by atoms with Gasteiger partial charge in [-0.2, -0.15) is 5.10 Å². The Bertz CT molecular complexity index is 1220. The third-order valence-electron chi connectivity index (χ3n) is 5.62. The number of guanidine groups is 1. The summed E-state index contributed by atoms with van der Waals surface area (Å²) in [4.78, 5) is 4.90. The van der Waals surface area contributed by atoms with Gasteiger partial charge in [-0.05, 0) is 44.0 Å². The molecule has 0 saturated carbocycles. The smallest absolute Gasteiger partial charge is 0.192 e. The van der Waals surface area contributed by atoms with E-state index in [-0.39, 0.29) is 6.04 Å². The summed E-state index contributed by atoms with van der Waals surface area (Å²) in [6.07, 6.45) is 1.98. The van der Waals surface area contributed by atoms with Crippen LogP contribution in [0.3, 0.4) is 0 Å². The Morgan fingerprint density at radius 2 is 1.76 bits per heavy atom.